The molecule has 0 radical (unpaired) electrons. The molecule has 7 heteroatoms. The molecule has 3 rings (SSSR count). The average molecular weight is 346 g/mol. The highest BCUT2D eigenvalue weighted by Crippen LogP contribution is 2.27. The van der Waals surface area contributed by atoms with E-state index >= 15 is 0 Å². The predicted molar refractivity (Wildman–Crippen MR) is 91.8 cm³/mol. The van der Waals surface area contributed by atoms with Crippen molar-refractivity contribution >= 4 is 27.3 Å². The van der Waals surface area contributed by atoms with Crippen LogP contribution in [0.3, 0.4) is 0 Å². The Morgan fingerprint density at radius 1 is 1.12 bits per heavy atom. The lowest BCUT2D eigenvalue weighted by molar-refractivity contribution is -0.116. The van der Waals surface area contributed by atoms with Crippen LogP contribution < -0.4 is 14.8 Å². The highest BCUT2D eigenvalue weighted by Gasteiger charge is 2.19. The van der Waals surface area contributed by atoms with Crippen LogP contribution in [0.1, 0.15) is 18.4 Å². The van der Waals surface area contributed by atoms with Crippen LogP contribution in [0, 0.1) is 0 Å². The molecule has 2 aromatic carbocycles. The molecule has 0 bridgehead atoms. The van der Waals surface area contributed by atoms with E-state index in [-0.39, 0.29) is 10.8 Å². The topological polar surface area (TPSA) is 84.5 Å². The van der Waals surface area contributed by atoms with Crippen LogP contribution in [-0.2, 0) is 21.2 Å². The van der Waals surface area contributed by atoms with Crippen molar-refractivity contribution in [2.75, 3.05) is 17.1 Å². The molecular weight excluding hydrogens is 328 g/mol. The number of hydrogen-bond donors (Lipinski definition) is 2. The van der Waals surface area contributed by atoms with Crippen molar-refractivity contribution in [1.82, 2.24) is 0 Å². The van der Waals surface area contributed by atoms with Gasteiger partial charge >= 0.3 is 0 Å². The van der Waals surface area contributed by atoms with Gasteiger partial charge in [-0.25, -0.2) is 8.42 Å². The summed E-state index contributed by atoms with van der Waals surface area (Å²) in [6.45, 7) is 0. The van der Waals surface area contributed by atoms with Gasteiger partial charge in [0.2, 0.25) is 5.91 Å². The first-order valence-electron chi connectivity index (χ1n) is 7.57. The van der Waals surface area contributed by atoms with E-state index in [0.29, 0.717) is 36.4 Å². The Morgan fingerprint density at radius 3 is 2.75 bits per heavy atom. The second-order valence-electron chi connectivity index (χ2n) is 5.56. The summed E-state index contributed by atoms with van der Waals surface area (Å²) < 4.78 is 32.8. The van der Waals surface area contributed by atoms with Crippen LogP contribution in [0.5, 0.6) is 5.75 Å². The SMILES string of the molecule is COc1cccc(NS(=O)(=O)c2ccc3c(c2)CCCC(=O)N3)c1. The summed E-state index contributed by atoms with van der Waals surface area (Å²) >= 11 is 0. The molecule has 0 aromatic heterocycles. The van der Waals surface area contributed by atoms with Crippen LogP contribution in [0.15, 0.2) is 47.4 Å². The van der Waals surface area contributed by atoms with E-state index in [0.717, 1.165) is 5.56 Å². The maximum atomic E-state index is 12.6. The number of carbonyl (C=O) groups is 1. The van der Waals surface area contributed by atoms with E-state index in [9.17, 15) is 13.2 Å². The Balaban J connectivity index is 1.89. The lowest BCUT2D eigenvalue weighted by Crippen LogP contribution is -2.14. The second kappa shape index (κ2) is 6.52. The highest BCUT2D eigenvalue weighted by atomic mass is 32.2. The summed E-state index contributed by atoms with van der Waals surface area (Å²) in [5.74, 6) is 0.527. The number of anilines is 2. The molecule has 0 fully saturated rings. The molecule has 0 saturated heterocycles. The monoisotopic (exact) mass is 346 g/mol. The molecule has 0 unspecified atom stereocenters. The smallest absolute Gasteiger partial charge is 0.261 e. The number of fused-ring (bicyclic) bond motifs is 1. The standard InChI is InChI=1S/C17H18N2O4S/c1-23-14-6-3-5-13(11-14)19-24(21,22)15-8-9-16-12(10-15)4-2-7-17(20)18-16/h3,5-6,8-11,19H,2,4,7H2,1H3,(H,18,20). The van der Waals surface area contributed by atoms with E-state index < -0.39 is 10.0 Å². The number of nitrogens with one attached hydrogen (secondary N) is 2. The predicted octanol–water partition coefficient (Wildman–Crippen LogP) is 2.77. The summed E-state index contributed by atoms with van der Waals surface area (Å²) in [6.07, 6.45) is 1.81. The Labute approximate surface area is 140 Å². The van der Waals surface area contributed by atoms with Crippen molar-refractivity contribution in [1.29, 1.82) is 0 Å². The maximum absolute atomic E-state index is 12.6. The quantitative estimate of drug-likeness (QED) is 0.891. The first-order chi connectivity index (χ1) is 11.5. The van der Waals surface area contributed by atoms with Gasteiger partial charge in [0.25, 0.3) is 10.0 Å². The fraction of sp³-hybridized carbons (Fsp3) is 0.235. The molecule has 1 aliphatic heterocycles. The third-order valence-electron chi connectivity index (χ3n) is 3.83. The molecule has 24 heavy (non-hydrogen) atoms. The van der Waals surface area contributed by atoms with Crippen LogP contribution in [0.25, 0.3) is 0 Å². The average Bonchev–Trinajstić information content (AvgIpc) is 2.74. The largest absolute Gasteiger partial charge is 0.497 e. The molecule has 6 nitrogen and oxygen atoms in total. The van der Waals surface area contributed by atoms with Crippen molar-refractivity contribution in [3.8, 4) is 5.75 Å². The minimum Gasteiger partial charge on any atom is -0.497 e. The molecule has 2 aromatic rings. The Kier molecular flexibility index (Phi) is 4.44. The molecule has 1 aliphatic rings. The number of aryl methyl sites for hydroxylation is 1. The first kappa shape index (κ1) is 16.3. The summed E-state index contributed by atoms with van der Waals surface area (Å²) in [6, 6.07) is 11.5. The van der Waals surface area contributed by atoms with Crippen molar-refractivity contribution in [2.24, 2.45) is 0 Å². The number of hydrogen-bond acceptors (Lipinski definition) is 4. The highest BCUT2D eigenvalue weighted by molar-refractivity contribution is 7.92. The Morgan fingerprint density at radius 2 is 1.96 bits per heavy atom. The Bertz CT molecular complexity index is 878. The van der Waals surface area contributed by atoms with Crippen molar-refractivity contribution < 1.29 is 17.9 Å². The van der Waals surface area contributed by atoms with Gasteiger partial charge in [0.1, 0.15) is 5.75 Å². The maximum Gasteiger partial charge on any atom is 0.261 e. The fourth-order valence-corrected chi connectivity index (χ4v) is 3.72. The number of carbonyl (C=O) groups excluding carboxylic acids is 1. The van der Waals surface area contributed by atoms with Crippen molar-refractivity contribution in [2.45, 2.75) is 24.2 Å². The molecule has 1 heterocycles. The van der Waals surface area contributed by atoms with Crippen LogP contribution in [0.4, 0.5) is 11.4 Å². The van der Waals surface area contributed by atoms with Crippen molar-refractivity contribution in [3.05, 3.63) is 48.0 Å². The van der Waals surface area contributed by atoms with Gasteiger partial charge in [-0.3, -0.25) is 9.52 Å². The zero-order valence-electron chi connectivity index (χ0n) is 13.2. The van der Waals surface area contributed by atoms with Gasteiger partial charge in [0.15, 0.2) is 0 Å². The molecule has 2 N–H and O–H groups in total. The number of sulfonamides is 1. The van der Waals surface area contributed by atoms with Crippen LogP contribution in [-0.4, -0.2) is 21.4 Å². The first-order valence-corrected chi connectivity index (χ1v) is 9.06. The van der Waals surface area contributed by atoms with Gasteiger partial charge in [-0.15, -0.1) is 0 Å². The summed E-state index contributed by atoms with van der Waals surface area (Å²) in [4.78, 5) is 11.7. The normalized spacial score (nSPS) is 14.3. The van der Waals surface area contributed by atoms with Crippen LogP contribution in [0.2, 0.25) is 0 Å². The molecule has 126 valence electrons. The fourth-order valence-electron chi connectivity index (χ4n) is 2.62. The second-order valence-corrected chi connectivity index (χ2v) is 7.24. The van der Waals surface area contributed by atoms with Gasteiger partial charge in [-0.1, -0.05) is 6.07 Å². The molecule has 0 saturated carbocycles. The van der Waals surface area contributed by atoms with E-state index in [1.165, 1.54) is 13.2 Å². The number of amides is 1. The molecule has 0 spiro atoms. The van der Waals surface area contributed by atoms with Gasteiger partial charge in [-0.05, 0) is 48.7 Å². The van der Waals surface area contributed by atoms with E-state index in [1.54, 1.807) is 36.4 Å². The summed E-state index contributed by atoms with van der Waals surface area (Å²) in [5, 5.41) is 2.80. The van der Waals surface area contributed by atoms with Gasteiger partial charge in [0, 0.05) is 18.2 Å². The van der Waals surface area contributed by atoms with Crippen LogP contribution >= 0.6 is 0 Å². The van der Waals surface area contributed by atoms with E-state index in [1.807, 2.05) is 0 Å². The number of rotatable bonds is 4. The van der Waals surface area contributed by atoms with Crippen molar-refractivity contribution in [3.63, 3.8) is 0 Å². The minimum absolute atomic E-state index is 0.0427. The minimum atomic E-state index is -3.72. The summed E-state index contributed by atoms with van der Waals surface area (Å²) in [7, 11) is -2.19. The molecule has 0 atom stereocenters. The zero-order chi connectivity index (χ0) is 17.2. The number of benzene rings is 2. The molecule has 1 amide bonds. The van der Waals surface area contributed by atoms with Gasteiger partial charge < -0.3 is 10.1 Å². The van der Waals surface area contributed by atoms with Gasteiger partial charge in [-0.2, -0.15) is 0 Å². The third kappa shape index (κ3) is 3.51. The van der Waals surface area contributed by atoms with E-state index in [2.05, 4.69) is 10.0 Å². The van der Waals surface area contributed by atoms with Gasteiger partial charge in [0.05, 0.1) is 17.7 Å². The lowest BCUT2D eigenvalue weighted by Gasteiger charge is -2.12. The Hall–Kier alpha value is -2.54. The number of ether oxygens (including phenoxy) is 1. The zero-order valence-corrected chi connectivity index (χ0v) is 14.0. The lowest BCUT2D eigenvalue weighted by atomic mass is 10.1. The third-order valence-corrected chi connectivity index (χ3v) is 5.21. The van der Waals surface area contributed by atoms with E-state index in [4.69, 9.17) is 4.74 Å². The molecule has 0 aliphatic carbocycles. The summed E-state index contributed by atoms with van der Waals surface area (Å²) in [5.41, 5.74) is 1.93. The molecular formula is C17H18N2O4S. The number of methoxy groups -OCH3 is 1.